The molecule has 4 nitrogen and oxygen atoms in total. The van der Waals surface area contributed by atoms with Gasteiger partial charge in [-0.1, -0.05) is 23.7 Å². The fourth-order valence-corrected chi connectivity index (χ4v) is 1.76. The summed E-state index contributed by atoms with van der Waals surface area (Å²) in [6, 6.07) is 8.82. The number of carbonyl (C=O) groups excluding carboxylic acids is 1. The second kappa shape index (κ2) is 5.71. The minimum absolute atomic E-state index is 0.292. The Balaban J connectivity index is 2.00. The van der Waals surface area contributed by atoms with Gasteiger partial charge < -0.3 is 4.42 Å². The summed E-state index contributed by atoms with van der Waals surface area (Å²) in [5, 5.41) is 4.55. The number of carbonyl (C=O) groups is 1. The minimum atomic E-state index is -0.292. The second-order valence-electron chi connectivity index (χ2n) is 4.08. The Hall–Kier alpha value is -2.07. The monoisotopic (exact) mass is 276 g/mol. The van der Waals surface area contributed by atoms with E-state index < -0.39 is 0 Å². The van der Waals surface area contributed by atoms with Gasteiger partial charge in [-0.25, -0.2) is 5.43 Å². The van der Waals surface area contributed by atoms with Crippen LogP contribution in [0.2, 0.25) is 5.02 Å². The molecule has 0 spiro atoms. The van der Waals surface area contributed by atoms with E-state index in [0.717, 1.165) is 5.56 Å². The third kappa shape index (κ3) is 3.45. The number of amides is 1. The molecule has 19 heavy (non-hydrogen) atoms. The Morgan fingerprint density at radius 3 is 2.58 bits per heavy atom. The van der Waals surface area contributed by atoms with E-state index in [4.69, 9.17) is 16.0 Å². The number of nitrogens with zero attached hydrogens (tertiary/aromatic N) is 1. The molecule has 98 valence electrons. The molecule has 1 aromatic carbocycles. The minimum Gasteiger partial charge on any atom is -0.466 e. The van der Waals surface area contributed by atoms with Gasteiger partial charge in [0.15, 0.2) is 0 Å². The van der Waals surface area contributed by atoms with Gasteiger partial charge in [0.2, 0.25) is 0 Å². The summed E-state index contributed by atoms with van der Waals surface area (Å²) < 4.78 is 5.29. The Morgan fingerprint density at radius 1 is 1.32 bits per heavy atom. The average molecular weight is 277 g/mol. The van der Waals surface area contributed by atoms with Crippen molar-refractivity contribution in [3.05, 3.63) is 58.0 Å². The molecule has 2 aromatic rings. The molecule has 0 aliphatic heterocycles. The van der Waals surface area contributed by atoms with Crippen molar-refractivity contribution in [2.24, 2.45) is 5.10 Å². The number of nitrogens with one attached hydrogen (secondary N) is 1. The topological polar surface area (TPSA) is 54.6 Å². The molecule has 0 atom stereocenters. The number of hydrogen-bond donors (Lipinski definition) is 1. The van der Waals surface area contributed by atoms with E-state index in [1.165, 1.54) is 0 Å². The summed E-state index contributed by atoms with van der Waals surface area (Å²) in [6.07, 6.45) is 1.55. The van der Waals surface area contributed by atoms with Gasteiger partial charge in [0.05, 0.1) is 11.8 Å². The Kier molecular flexibility index (Phi) is 4.02. The Bertz CT molecular complexity index is 615. The van der Waals surface area contributed by atoms with E-state index in [2.05, 4.69) is 10.5 Å². The quantitative estimate of drug-likeness (QED) is 0.691. The molecule has 5 heteroatoms. The fourth-order valence-electron chi connectivity index (χ4n) is 1.63. The van der Waals surface area contributed by atoms with Crippen LogP contribution in [0.15, 0.2) is 39.9 Å². The zero-order valence-corrected chi connectivity index (χ0v) is 11.4. The van der Waals surface area contributed by atoms with Crippen molar-refractivity contribution in [3.8, 4) is 0 Å². The molecule has 0 fully saturated rings. The number of hydrazone groups is 1. The third-order valence-electron chi connectivity index (χ3n) is 2.54. The lowest BCUT2D eigenvalue weighted by Gasteiger charge is -1.97. The normalized spacial score (nSPS) is 10.9. The van der Waals surface area contributed by atoms with Crippen LogP contribution in [-0.4, -0.2) is 12.1 Å². The van der Waals surface area contributed by atoms with Crippen LogP contribution in [-0.2, 0) is 0 Å². The summed E-state index contributed by atoms with van der Waals surface area (Å²) in [5.74, 6) is 0.987. The van der Waals surface area contributed by atoms with Crippen molar-refractivity contribution in [2.75, 3.05) is 0 Å². The third-order valence-corrected chi connectivity index (χ3v) is 2.79. The van der Waals surface area contributed by atoms with Gasteiger partial charge in [0.25, 0.3) is 5.91 Å². The first kappa shape index (κ1) is 13.4. The number of furan rings is 1. The predicted molar refractivity (Wildman–Crippen MR) is 74.7 cm³/mol. The molecule has 0 aliphatic rings. The molecule has 0 radical (unpaired) electrons. The summed E-state index contributed by atoms with van der Waals surface area (Å²) in [5.41, 5.74) is 3.80. The number of rotatable bonds is 3. The first-order valence-electron chi connectivity index (χ1n) is 5.72. The molecule has 0 bridgehead atoms. The average Bonchev–Trinajstić information content (AvgIpc) is 2.71. The second-order valence-corrected chi connectivity index (χ2v) is 4.51. The molecule has 0 saturated heterocycles. The molecule has 0 saturated carbocycles. The lowest BCUT2D eigenvalue weighted by molar-refractivity contribution is 0.0953. The van der Waals surface area contributed by atoms with Crippen LogP contribution in [0.3, 0.4) is 0 Å². The van der Waals surface area contributed by atoms with E-state index in [0.29, 0.717) is 22.1 Å². The molecule has 2 rings (SSSR count). The largest absolute Gasteiger partial charge is 0.466 e. The van der Waals surface area contributed by atoms with Crippen LogP contribution in [0.4, 0.5) is 0 Å². The zero-order chi connectivity index (χ0) is 13.8. The van der Waals surface area contributed by atoms with Gasteiger partial charge >= 0.3 is 0 Å². The summed E-state index contributed by atoms with van der Waals surface area (Å²) in [7, 11) is 0. The van der Waals surface area contributed by atoms with E-state index in [1.807, 2.05) is 12.1 Å². The fraction of sp³-hybridized carbons (Fsp3) is 0.143. The smallest absolute Gasteiger partial charge is 0.274 e. The van der Waals surface area contributed by atoms with Crippen molar-refractivity contribution in [3.63, 3.8) is 0 Å². The number of aryl methyl sites for hydroxylation is 2. The van der Waals surface area contributed by atoms with Crippen LogP contribution < -0.4 is 5.43 Å². The predicted octanol–water partition coefficient (Wildman–Crippen LogP) is 3.31. The van der Waals surface area contributed by atoms with Gasteiger partial charge in [0, 0.05) is 5.02 Å². The molecule has 1 heterocycles. The Labute approximate surface area is 116 Å². The van der Waals surface area contributed by atoms with Crippen molar-refractivity contribution >= 4 is 23.7 Å². The van der Waals surface area contributed by atoms with Crippen LogP contribution >= 0.6 is 11.6 Å². The molecular weight excluding hydrogens is 264 g/mol. The lowest BCUT2D eigenvalue weighted by atomic mass is 10.2. The maximum absolute atomic E-state index is 11.8. The van der Waals surface area contributed by atoms with E-state index in [-0.39, 0.29) is 5.91 Å². The van der Waals surface area contributed by atoms with E-state index in [9.17, 15) is 4.79 Å². The van der Waals surface area contributed by atoms with Gasteiger partial charge in [-0.05, 0) is 37.6 Å². The maximum atomic E-state index is 11.8. The van der Waals surface area contributed by atoms with Crippen molar-refractivity contribution < 1.29 is 9.21 Å². The first-order valence-corrected chi connectivity index (χ1v) is 6.10. The molecule has 1 aromatic heterocycles. The Morgan fingerprint density at radius 2 is 2.00 bits per heavy atom. The number of halogens is 1. The standard InChI is InChI=1S/C14H13ClN2O2/c1-9-7-13(10(2)19-9)14(18)17-16-8-11-3-5-12(15)6-4-11/h3-8H,1-2H3,(H,17,18)/b16-8+. The SMILES string of the molecule is Cc1cc(C(=O)N/N=C/c2ccc(Cl)cc2)c(C)o1. The molecule has 1 N–H and O–H groups in total. The van der Waals surface area contributed by atoms with Gasteiger partial charge in [0.1, 0.15) is 11.5 Å². The summed E-state index contributed by atoms with van der Waals surface area (Å²) in [6.45, 7) is 3.53. The maximum Gasteiger partial charge on any atom is 0.274 e. The van der Waals surface area contributed by atoms with Crippen LogP contribution in [0.25, 0.3) is 0 Å². The highest BCUT2D eigenvalue weighted by atomic mass is 35.5. The molecular formula is C14H13ClN2O2. The summed E-state index contributed by atoms with van der Waals surface area (Å²) in [4.78, 5) is 11.8. The van der Waals surface area contributed by atoms with Crippen LogP contribution in [0.1, 0.15) is 27.4 Å². The highest BCUT2D eigenvalue weighted by Crippen LogP contribution is 2.13. The van der Waals surface area contributed by atoms with Gasteiger partial charge in [-0.3, -0.25) is 4.79 Å². The molecule has 0 aliphatic carbocycles. The van der Waals surface area contributed by atoms with Crippen molar-refractivity contribution in [2.45, 2.75) is 13.8 Å². The first-order chi connectivity index (χ1) is 9.06. The van der Waals surface area contributed by atoms with Crippen molar-refractivity contribution in [1.29, 1.82) is 0 Å². The van der Waals surface area contributed by atoms with Gasteiger partial charge in [-0.15, -0.1) is 0 Å². The number of benzene rings is 1. The lowest BCUT2D eigenvalue weighted by Crippen LogP contribution is -2.17. The highest BCUT2D eigenvalue weighted by molar-refractivity contribution is 6.30. The van der Waals surface area contributed by atoms with Crippen molar-refractivity contribution in [1.82, 2.24) is 5.43 Å². The number of hydrogen-bond acceptors (Lipinski definition) is 3. The zero-order valence-electron chi connectivity index (χ0n) is 10.6. The summed E-state index contributed by atoms with van der Waals surface area (Å²) >= 11 is 5.77. The molecule has 1 amide bonds. The van der Waals surface area contributed by atoms with Gasteiger partial charge in [-0.2, -0.15) is 5.10 Å². The van der Waals surface area contributed by atoms with Crippen LogP contribution in [0.5, 0.6) is 0 Å². The molecule has 0 unspecified atom stereocenters. The van der Waals surface area contributed by atoms with E-state index in [1.54, 1.807) is 38.3 Å². The highest BCUT2D eigenvalue weighted by Gasteiger charge is 2.12. The van der Waals surface area contributed by atoms with Crippen LogP contribution in [0, 0.1) is 13.8 Å². The van der Waals surface area contributed by atoms with E-state index >= 15 is 0 Å².